The molecule has 1 atom stereocenters. The summed E-state index contributed by atoms with van der Waals surface area (Å²) in [5.74, 6) is -0.255. The van der Waals surface area contributed by atoms with Crippen molar-refractivity contribution in [3.05, 3.63) is 62.4 Å². The average Bonchev–Trinajstić information content (AvgIpc) is 3.29. The molecule has 0 spiro atoms. The maximum Gasteiger partial charge on any atom is 0.282 e. The van der Waals surface area contributed by atoms with E-state index in [-0.39, 0.29) is 5.91 Å². The second-order valence-electron chi connectivity index (χ2n) is 6.47. The molecule has 0 unspecified atom stereocenters. The molecule has 9 heteroatoms. The van der Waals surface area contributed by atoms with Crippen molar-refractivity contribution in [2.45, 2.75) is 19.9 Å². The SMILES string of the molecule is CC1=NN(c2nc(-c3ccc(Br)cc3)cs2)C(=O)[C@@H]1N=Nc1ccc(C)c(Br)c1. The molecule has 4 rings (SSSR count). The number of aromatic nitrogens is 1. The predicted molar refractivity (Wildman–Crippen MR) is 123 cm³/mol. The monoisotopic (exact) mass is 531 g/mol. The van der Waals surface area contributed by atoms with Crippen LogP contribution in [0, 0.1) is 6.92 Å². The maximum absolute atomic E-state index is 12.9. The molecule has 1 amide bonds. The van der Waals surface area contributed by atoms with Gasteiger partial charge >= 0.3 is 0 Å². The lowest BCUT2D eigenvalue weighted by Gasteiger charge is -2.08. The third kappa shape index (κ3) is 4.22. The van der Waals surface area contributed by atoms with Gasteiger partial charge in [-0.15, -0.1) is 11.3 Å². The van der Waals surface area contributed by atoms with Crippen molar-refractivity contribution >= 4 is 65.6 Å². The van der Waals surface area contributed by atoms with Gasteiger partial charge in [0, 0.05) is 19.9 Å². The molecule has 1 aliphatic heterocycles. The Morgan fingerprint density at radius 1 is 1.10 bits per heavy atom. The van der Waals surface area contributed by atoms with Gasteiger partial charge < -0.3 is 0 Å². The minimum Gasteiger partial charge on any atom is -0.269 e. The molecule has 0 bridgehead atoms. The number of azo groups is 1. The van der Waals surface area contributed by atoms with Crippen molar-refractivity contribution in [3.63, 3.8) is 0 Å². The number of carbonyl (C=O) groups excluding carboxylic acids is 1. The highest BCUT2D eigenvalue weighted by Gasteiger charge is 2.36. The zero-order valence-corrected chi connectivity index (χ0v) is 19.5. The highest BCUT2D eigenvalue weighted by atomic mass is 79.9. The summed E-state index contributed by atoms with van der Waals surface area (Å²) in [4.78, 5) is 17.4. The Labute approximate surface area is 188 Å². The van der Waals surface area contributed by atoms with E-state index in [2.05, 4.69) is 52.2 Å². The van der Waals surface area contributed by atoms with Crippen LogP contribution in [-0.2, 0) is 4.79 Å². The predicted octanol–water partition coefficient (Wildman–Crippen LogP) is 6.52. The molecular weight excluding hydrogens is 518 g/mol. The Hall–Kier alpha value is -2.23. The molecule has 6 nitrogen and oxygen atoms in total. The van der Waals surface area contributed by atoms with Crippen LogP contribution in [0.4, 0.5) is 10.8 Å². The molecule has 146 valence electrons. The lowest BCUT2D eigenvalue weighted by molar-refractivity contribution is -0.117. The van der Waals surface area contributed by atoms with Gasteiger partial charge in [-0.25, -0.2) is 4.98 Å². The number of halogens is 2. The standard InChI is InChI=1S/C20H15Br2N5OS/c1-11-3-8-15(9-16(11)22)24-25-18-12(2)26-27(19(18)28)20-23-17(10-29-20)13-4-6-14(21)7-5-13/h3-10,18H,1-2H3/t18-/m1/s1. The number of benzene rings is 2. The van der Waals surface area contributed by atoms with Gasteiger partial charge in [0.2, 0.25) is 5.13 Å². The largest absolute Gasteiger partial charge is 0.282 e. The maximum atomic E-state index is 12.9. The van der Waals surface area contributed by atoms with Gasteiger partial charge in [0.15, 0.2) is 6.04 Å². The van der Waals surface area contributed by atoms with E-state index in [0.717, 1.165) is 25.8 Å². The summed E-state index contributed by atoms with van der Waals surface area (Å²) in [7, 11) is 0. The Morgan fingerprint density at radius 2 is 1.86 bits per heavy atom. The zero-order chi connectivity index (χ0) is 20.5. The van der Waals surface area contributed by atoms with Gasteiger partial charge in [-0.05, 0) is 43.7 Å². The quantitative estimate of drug-likeness (QED) is 0.359. The number of rotatable bonds is 4. The minimum absolute atomic E-state index is 0.255. The van der Waals surface area contributed by atoms with Crippen molar-refractivity contribution in [1.29, 1.82) is 0 Å². The van der Waals surface area contributed by atoms with Crippen LogP contribution in [0.1, 0.15) is 12.5 Å². The average molecular weight is 533 g/mol. The third-order valence-electron chi connectivity index (χ3n) is 4.35. The van der Waals surface area contributed by atoms with Crippen molar-refractivity contribution in [1.82, 2.24) is 4.98 Å². The first-order valence-corrected chi connectivity index (χ1v) is 11.2. The van der Waals surface area contributed by atoms with Crippen LogP contribution in [0.25, 0.3) is 11.3 Å². The Balaban J connectivity index is 1.54. The molecule has 0 N–H and O–H groups in total. The summed E-state index contributed by atoms with van der Waals surface area (Å²) in [5, 5.41) is 16.6. The van der Waals surface area contributed by atoms with E-state index in [9.17, 15) is 4.79 Å². The van der Waals surface area contributed by atoms with Crippen LogP contribution < -0.4 is 5.01 Å². The number of anilines is 1. The molecule has 2 heterocycles. The molecular formula is C20H15Br2N5OS. The molecule has 29 heavy (non-hydrogen) atoms. The number of nitrogens with zero attached hydrogens (tertiary/aromatic N) is 5. The molecule has 2 aromatic carbocycles. The summed E-state index contributed by atoms with van der Waals surface area (Å²) in [6, 6.07) is 12.8. The number of amides is 1. The van der Waals surface area contributed by atoms with E-state index in [4.69, 9.17) is 0 Å². The van der Waals surface area contributed by atoms with Crippen molar-refractivity contribution in [2.75, 3.05) is 5.01 Å². The summed E-state index contributed by atoms with van der Waals surface area (Å²) >= 11 is 8.27. The van der Waals surface area contributed by atoms with Crippen molar-refractivity contribution in [3.8, 4) is 11.3 Å². The Morgan fingerprint density at radius 3 is 2.59 bits per heavy atom. The van der Waals surface area contributed by atoms with Crippen LogP contribution in [0.5, 0.6) is 0 Å². The number of hydrazone groups is 1. The summed E-state index contributed by atoms with van der Waals surface area (Å²) in [5.41, 5.74) is 4.14. The molecule has 0 aliphatic carbocycles. The van der Waals surface area contributed by atoms with E-state index in [1.165, 1.54) is 16.3 Å². The first-order valence-electron chi connectivity index (χ1n) is 8.70. The van der Waals surface area contributed by atoms with Crippen LogP contribution in [0.2, 0.25) is 0 Å². The van der Waals surface area contributed by atoms with Crippen LogP contribution in [-0.4, -0.2) is 22.6 Å². The molecule has 1 aromatic heterocycles. The number of hydrogen-bond acceptors (Lipinski definition) is 6. The van der Waals surface area contributed by atoms with Gasteiger partial charge in [0.1, 0.15) is 0 Å². The zero-order valence-electron chi connectivity index (χ0n) is 15.5. The molecule has 0 saturated carbocycles. The second-order valence-corrected chi connectivity index (χ2v) is 9.07. The van der Waals surface area contributed by atoms with Gasteiger partial charge in [-0.3, -0.25) is 4.79 Å². The molecule has 0 radical (unpaired) electrons. The lowest BCUT2D eigenvalue weighted by atomic mass is 10.2. The lowest BCUT2D eigenvalue weighted by Crippen LogP contribution is -2.29. The third-order valence-corrected chi connectivity index (χ3v) is 6.55. The molecule has 1 aliphatic rings. The number of aryl methyl sites for hydroxylation is 1. The summed E-state index contributed by atoms with van der Waals surface area (Å²) in [6.45, 7) is 3.77. The second kappa shape index (κ2) is 8.25. The van der Waals surface area contributed by atoms with E-state index in [1.54, 1.807) is 6.92 Å². The first-order chi connectivity index (χ1) is 13.9. The minimum atomic E-state index is -0.741. The van der Waals surface area contributed by atoms with Crippen molar-refractivity contribution in [2.24, 2.45) is 15.3 Å². The highest BCUT2D eigenvalue weighted by molar-refractivity contribution is 9.10. The fourth-order valence-corrected chi connectivity index (χ4v) is 4.13. The van der Waals surface area contributed by atoms with E-state index in [0.29, 0.717) is 16.5 Å². The van der Waals surface area contributed by atoms with Gasteiger partial charge in [-0.2, -0.15) is 20.3 Å². The van der Waals surface area contributed by atoms with E-state index < -0.39 is 6.04 Å². The summed E-state index contributed by atoms with van der Waals surface area (Å²) in [6.07, 6.45) is 0. The number of hydrogen-bond donors (Lipinski definition) is 0. The highest BCUT2D eigenvalue weighted by Crippen LogP contribution is 2.31. The summed E-state index contributed by atoms with van der Waals surface area (Å²) < 4.78 is 1.95. The fourth-order valence-electron chi connectivity index (χ4n) is 2.71. The van der Waals surface area contributed by atoms with Crippen LogP contribution in [0.3, 0.4) is 0 Å². The van der Waals surface area contributed by atoms with Gasteiger partial charge in [0.25, 0.3) is 5.91 Å². The van der Waals surface area contributed by atoms with E-state index >= 15 is 0 Å². The molecule has 0 fully saturated rings. The van der Waals surface area contributed by atoms with Crippen LogP contribution >= 0.6 is 43.2 Å². The topological polar surface area (TPSA) is 70.3 Å². The number of thiazole rings is 1. The van der Waals surface area contributed by atoms with E-state index in [1.807, 2.05) is 54.8 Å². The van der Waals surface area contributed by atoms with Gasteiger partial charge in [-0.1, -0.05) is 50.1 Å². The number of carbonyl (C=O) groups is 1. The Bertz CT molecular complexity index is 1140. The van der Waals surface area contributed by atoms with Crippen LogP contribution in [0.15, 0.2) is 72.1 Å². The first kappa shape index (κ1) is 20.1. The van der Waals surface area contributed by atoms with Crippen molar-refractivity contribution < 1.29 is 4.79 Å². The smallest absolute Gasteiger partial charge is 0.269 e. The van der Waals surface area contributed by atoms with Gasteiger partial charge in [0.05, 0.1) is 17.1 Å². The molecule has 3 aromatic rings. The normalized spacial score (nSPS) is 16.7. The fraction of sp³-hybridized carbons (Fsp3) is 0.150. The molecule has 0 saturated heterocycles. The Kier molecular flexibility index (Phi) is 5.71.